The van der Waals surface area contributed by atoms with E-state index in [0.29, 0.717) is 4.47 Å². The van der Waals surface area contributed by atoms with Gasteiger partial charge in [-0.1, -0.05) is 42.5 Å². The molecule has 0 saturated carbocycles. The van der Waals surface area contributed by atoms with Crippen LogP contribution >= 0.6 is 15.9 Å². The third-order valence-electron chi connectivity index (χ3n) is 3.81. The molecule has 0 spiro atoms. The summed E-state index contributed by atoms with van der Waals surface area (Å²) in [7, 11) is 0. The number of benzene rings is 3. The van der Waals surface area contributed by atoms with Gasteiger partial charge in [-0.15, -0.1) is 0 Å². The fraction of sp³-hybridized carbons (Fsp3) is 0.111. The van der Waals surface area contributed by atoms with Gasteiger partial charge < -0.3 is 5.73 Å². The minimum atomic E-state index is -0.349. The first-order chi connectivity index (χ1) is 10.1. The van der Waals surface area contributed by atoms with Gasteiger partial charge in [0.25, 0.3) is 0 Å². The van der Waals surface area contributed by atoms with Crippen LogP contribution in [0, 0.1) is 12.7 Å². The lowest BCUT2D eigenvalue weighted by molar-refractivity contribution is 0.617. The predicted octanol–water partition coefficient (Wildman–Crippen LogP) is 5.10. The summed E-state index contributed by atoms with van der Waals surface area (Å²) in [5.41, 5.74) is 9.36. The summed E-state index contributed by atoms with van der Waals surface area (Å²) in [5.74, 6) is -0.292. The number of nitrogens with two attached hydrogens (primary N) is 1. The van der Waals surface area contributed by atoms with Gasteiger partial charge in [0, 0.05) is 0 Å². The summed E-state index contributed by atoms with van der Waals surface area (Å²) < 4.78 is 14.2. The van der Waals surface area contributed by atoms with Crippen molar-refractivity contribution in [1.82, 2.24) is 0 Å². The lowest BCUT2D eigenvalue weighted by Gasteiger charge is -2.17. The van der Waals surface area contributed by atoms with Crippen molar-refractivity contribution in [3.63, 3.8) is 0 Å². The Morgan fingerprint density at radius 2 is 1.71 bits per heavy atom. The van der Waals surface area contributed by atoms with Crippen molar-refractivity contribution in [1.29, 1.82) is 0 Å². The lowest BCUT2D eigenvalue weighted by atomic mass is 9.92. The zero-order chi connectivity index (χ0) is 15.0. The molecule has 0 heterocycles. The van der Waals surface area contributed by atoms with Gasteiger partial charge in [-0.3, -0.25) is 0 Å². The Bertz CT molecular complexity index is 813. The first kappa shape index (κ1) is 14.2. The topological polar surface area (TPSA) is 26.0 Å². The normalized spacial score (nSPS) is 12.6. The van der Waals surface area contributed by atoms with Gasteiger partial charge in [0.15, 0.2) is 0 Å². The van der Waals surface area contributed by atoms with Gasteiger partial charge in [0.1, 0.15) is 5.82 Å². The molecule has 21 heavy (non-hydrogen) atoms. The quantitative estimate of drug-likeness (QED) is 0.688. The van der Waals surface area contributed by atoms with E-state index in [1.54, 1.807) is 6.07 Å². The highest BCUT2D eigenvalue weighted by Crippen LogP contribution is 2.30. The molecule has 0 bridgehead atoms. The van der Waals surface area contributed by atoms with Gasteiger partial charge >= 0.3 is 0 Å². The first-order valence-electron chi connectivity index (χ1n) is 6.76. The number of fused-ring (bicyclic) bond motifs is 1. The molecule has 1 nitrogen and oxygen atoms in total. The zero-order valence-corrected chi connectivity index (χ0v) is 13.2. The van der Waals surface area contributed by atoms with E-state index < -0.39 is 0 Å². The molecular formula is C18H15BrFN. The molecule has 0 fully saturated rings. The average molecular weight is 344 g/mol. The lowest BCUT2D eigenvalue weighted by Crippen LogP contribution is -2.12. The largest absolute Gasteiger partial charge is 0.320 e. The van der Waals surface area contributed by atoms with E-state index in [0.717, 1.165) is 16.5 Å². The molecule has 3 aromatic carbocycles. The second-order valence-electron chi connectivity index (χ2n) is 5.17. The molecule has 0 aliphatic heterocycles. The van der Waals surface area contributed by atoms with Crippen LogP contribution in [0.4, 0.5) is 4.39 Å². The summed E-state index contributed by atoms with van der Waals surface area (Å²) in [5, 5.41) is 2.30. The molecule has 0 amide bonds. The highest BCUT2D eigenvalue weighted by atomic mass is 79.9. The summed E-state index contributed by atoms with van der Waals surface area (Å²) in [4.78, 5) is 0. The standard InChI is InChI=1S/C18H15BrFN/c1-11-6-8-15(14-5-3-2-4-13(11)14)18(21)12-7-9-16(19)17(20)10-12/h2-10,18H,21H2,1H3. The van der Waals surface area contributed by atoms with Crippen LogP contribution in [-0.4, -0.2) is 0 Å². The monoisotopic (exact) mass is 343 g/mol. The number of hydrogen-bond donors (Lipinski definition) is 1. The van der Waals surface area contributed by atoms with Crippen LogP contribution in [0.5, 0.6) is 0 Å². The second-order valence-corrected chi connectivity index (χ2v) is 6.02. The van der Waals surface area contributed by atoms with Crippen LogP contribution in [0.2, 0.25) is 0 Å². The molecule has 0 aliphatic rings. The molecule has 2 N–H and O–H groups in total. The summed E-state index contributed by atoms with van der Waals surface area (Å²) in [6.45, 7) is 2.08. The highest BCUT2D eigenvalue weighted by molar-refractivity contribution is 9.10. The summed E-state index contributed by atoms with van der Waals surface area (Å²) >= 11 is 3.17. The van der Waals surface area contributed by atoms with Crippen molar-refractivity contribution in [2.24, 2.45) is 5.73 Å². The molecule has 0 saturated heterocycles. The number of aryl methyl sites for hydroxylation is 1. The van der Waals surface area contributed by atoms with Crippen LogP contribution in [0.15, 0.2) is 59.1 Å². The minimum absolute atomic E-state index is 0.292. The molecule has 3 aromatic rings. The van der Waals surface area contributed by atoms with Crippen LogP contribution in [0.3, 0.4) is 0 Å². The third-order valence-corrected chi connectivity index (χ3v) is 4.46. The Labute approximate surface area is 131 Å². The molecular weight excluding hydrogens is 329 g/mol. The van der Waals surface area contributed by atoms with Gasteiger partial charge in [-0.2, -0.15) is 0 Å². The van der Waals surface area contributed by atoms with Crippen LogP contribution in [0.25, 0.3) is 10.8 Å². The van der Waals surface area contributed by atoms with Crippen molar-refractivity contribution in [2.75, 3.05) is 0 Å². The maximum atomic E-state index is 13.7. The van der Waals surface area contributed by atoms with Crippen molar-refractivity contribution in [2.45, 2.75) is 13.0 Å². The van der Waals surface area contributed by atoms with E-state index >= 15 is 0 Å². The Balaban J connectivity index is 2.15. The maximum absolute atomic E-state index is 13.7. The van der Waals surface area contributed by atoms with Crippen LogP contribution in [-0.2, 0) is 0 Å². The van der Waals surface area contributed by atoms with E-state index in [4.69, 9.17) is 5.73 Å². The van der Waals surface area contributed by atoms with Crippen LogP contribution < -0.4 is 5.73 Å². The van der Waals surface area contributed by atoms with Gasteiger partial charge in [0.2, 0.25) is 0 Å². The van der Waals surface area contributed by atoms with E-state index in [1.807, 2.05) is 24.3 Å². The fourth-order valence-electron chi connectivity index (χ4n) is 2.63. The number of rotatable bonds is 2. The van der Waals surface area contributed by atoms with Gasteiger partial charge in [-0.05, 0) is 62.4 Å². The molecule has 3 rings (SSSR count). The van der Waals surface area contributed by atoms with E-state index in [9.17, 15) is 4.39 Å². The minimum Gasteiger partial charge on any atom is -0.320 e. The average Bonchev–Trinajstić information content (AvgIpc) is 2.50. The van der Waals surface area contributed by atoms with Crippen LogP contribution in [0.1, 0.15) is 22.7 Å². The molecule has 106 valence electrons. The van der Waals surface area contributed by atoms with Crippen molar-refractivity contribution in [3.8, 4) is 0 Å². The maximum Gasteiger partial charge on any atom is 0.137 e. The molecule has 0 aliphatic carbocycles. The Kier molecular flexibility index (Phi) is 3.79. The Hall–Kier alpha value is -1.71. The zero-order valence-electron chi connectivity index (χ0n) is 11.6. The molecule has 0 aromatic heterocycles. The smallest absolute Gasteiger partial charge is 0.137 e. The molecule has 0 radical (unpaired) electrons. The van der Waals surface area contributed by atoms with Gasteiger partial charge in [0.05, 0.1) is 10.5 Å². The Morgan fingerprint density at radius 1 is 1.00 bits per heavy atom. The predicted molar refractivity (Wildman–Crippen MR) is 88.8 cm³/mol. The Morgan fingerprint density at radius 3 is 2.43 bits per heavy atom. The third kappa shape index (κ3) is 2.59. The number of halogens is 2. The highest BCUT2D eigenvalue weighted by Gasteiger charge is 2.14. The van der Waals surface area contributed by atoms with Crippen molar-refractivity contribution in [3.05, 3.63) is 81.6 Å². The number of hydrogen-bond acceptors (Lipinski definition) is 1. The van der Waals surface area contributed by atoms with Crippen molar-refractivity contribution < 1.29 is 4.39 Å². The SMILES string of the molecule is Cc1ccc(C(N)c2ccc(Br)c(F)c2)c2ccccc12. The van der Waals surface area contributed by atoms with E-state index in [-0.39, 0.29) is 11.9 Å². The fourth-order valence-corrected chi connectivity index (χ4v) is 2.88. The van der Waals surface area contributed by atoms with E-state index in [1.165, 1.54) is 17.0 Å². The molecule has 1 atom stereocenters. The van der Waals surface area contributed by atoms with Gasteiger partial charge in [-0.25, -0.2) is 4.39 Å². The summed E-state index contributed by atoms with van der Waals surface area (Å²) in [6.07, 6.45) is 0. The van der Waals surface area contributed by atoms with E-state index in [2.05, 4.69) is 41.1 Å². The summed E-state index contributed by atoms with van der Waals surface area (Å²) in [6, 6.07) is 16.9. The first-order valence-corrected chi connectivity index (χ1v) is 7.56. The molecule has 1 unspecified atom stereocenters. The molecule has 3 heteroatoms. The second kappa shape index (κ2) is 5.58. The van der Waals surface area contributed by atoms with Crippen molar-refractivity contribution >= 4 is 26.7 Å².